The first-order valence-electron chi connectivity index (χ1n) is 10.6. The molecular weight excluding hydrogens is 411 g/mol. The lowest BCUT2D eigenvalue weighted by Crippen LogP contribution is -2.29. The number of nitrogens with one attached hydrogen (secondary N) is 1. The summed E-state index contributed by atoms with van der Waals surface area (Å²) in [6.45, 7) is 8.93. The number of alkyl halides is 1. The minimum Gasteiger partial charge on any atom is -0.462 e. The van der Waals surface area contributed by atoms with E-state index in [2.05, 4.69) is 4.98 Å². The molecule has 1 aromatic carbocycles. The Morgan fingerprint density at radius 2 is 1.88 bits per heavy atom. The molecule has 0 aliphatic carbocycles. The summed E-state index contributed by atoms with van der Waals surface area (Å²) < 4.78 is 16.0. The SMILES string of the molecule is C/C=C/C(=O)N1C=C(C(=O)OCC)c2[nH]c3ccccc3c2C(=O)C1.C/C=C\CF.CC. The fourth-order valence-electron chi connectivity index (χ4n) is 2.97. The average Bonchev–Trinajstić information content (AvgIpc) is 3.11. The summed E-state index contributed by atoms with van der Waals surface area (Å²) in [4.78, 5) is 41.8. The van der Waals surface area contributed by atoms with Crippen molar-refractivity contribution in [1.82, 2.24) is 9.88 Å². The van der Waals surface area contributed by atoms with Gasteiger partial charge in [-0.3, -0.25) is 9.59 Å². The molecule has 0 radical (unpaired) electrons. The molecule has 0 unspecified atom stereocenters. The molecule has 1 amide bonds. The van der Waals surface area contributed by atoms with Gasteiger partial charge in [-0.1, -0.05) is 50.3 Å². The molecule has 0 spiro atoms. The van der Waals surface area contributed by atoms with Gasteiger partial charge in [0.25, 0.3) is 5.91 Å². The summed E-state index contributed by atoms with van der Waals surface area (Å²) in [6, 6.07) is 7.32. The van der Waals surface area contributed by atoms with E-state index < -0.39 is 5.97 Å². The number of hydrogen-bond donors (Lipinski definition) is 1. The second kappa shape index (κ2) is 13.7. The number of benzene rings is 1. The summed E-state index contributed by atoms with van der Waals surface area (Å²) in [5, 5.41) is 0.720. The van der Waals surface area contributed by atoms with Crippen molar-refractivity contribution in [2.45, 2.75) is 34.6 Å². The summed E-state index contributed by atoms with van der Waals surface area (Å²) in [5.41, 5.74) is 1.71. The number of carbonyl (C=O) groups is 3. The predicted octanol–water partition coefficient (Wildman–Crippen LogP) is 5.23. The molecule has 0 atom stereocenters. The normalized spacial score (nSPS) is 13.0. The number of ketones is 1. The predicted molar refractivity (Wildman–Crippen MR) is 126 cm³/mol. The Kier molecular flexibility index (Phi) is 11.4. The standard InChI is InChI=1S/C19H18N2O4.C4H7F.C2H6/c1-3-7-16(23)21-10-13(19(24)25-4-2)18-17(15(22)11-21)12-8-5-6-9-14(12)20-18;1-2-3-4-5;1-2/h3,5-10,20H,4,11H2,1-2H3;2-3H,4H2,1H3;1-2H3/b7-3+;3-2-;. The average molecular weight is 443 g/mol. The monoisotopic (exact) mass is 442 g/mol. The number of aromatic amines is 1. The highest BCUT2D eigenvalue weighted by atomic mass is 19.1. The molecule has 6 nitrogen and oxygen atoms in total. The van der Waals surface area contributed by atoms with E-state index in [1.54, 1.807) is 32.9 Å². The van der Waals surface area contributed by atoms with Crippen LogP contribution in [0.25, 0.3) is 16.5 Å². The number of halogens is 1. The Morgan fingerprint density at radius 3 is 2.44 bits per heavy atom. The van der Waals surface area contributed by atoms with Crippen molar-refractivity contribution in [2.75, 3.05) is 19.8 Å². The van der Waals surface area contributed by atoms with Gasteiger partial charge in [0.2, 0.25) is 0 Å². The van der Waals surface area contributed by atoms with Crippen LogP contribution in [-0.4, -0.2) is 47.4 Å². The van der Waals surface area contributed by atoms with E-state index in [0.29, 0.717) is 11.3 Å². The van der Waals surface area contributed by atoms with E-state index in [9.17, 15) is 18.8 Å². The number of para-hydroxylation sites is 1. The van der Waals surface area contributed by atoms with Crippen molar-refractivity contribution in [2.24, 2.45) is 0 Å². The van der Waals surface area contributed by atoms with Gasteiger partial charge < -0.3 is 14.6 Å². The van der Waals surface area contributed by atoms with Crippen LogP contribution in [0.5, 0.6) is 0 Å². The van der Waals surface area contributed by atoms with E-state index in [1.807, 2.05) is 38.1 Å². The van der Waals surface area contributed by atoms with Crippen LogP contribution in [0, 0.1) is 0 Å². The van der Waals surface area contributed by atoms with Gasteiger partial charge in [-0.25, -0.2) is 9.18 Å². The van der Waals surface area contributed by atoms with Crippen molar-refractivity contribution in [1.29, 1.82) is 0 Å². The minimum absolute atomic E-state index is 0.138. The van der Waals surface area contributed by atoms with E-state index in [4.69, 9.17) is 4.74 Å². The molecule has 1 aliphatic heterocycles. The molecule has 2 aromatic rings. The number of aromatic nitrogens is 1. The van der Waals surface area contributed by atoms with Crippen molar-refractivity contribution < 1.29 is 23.5 Å². The van der Waals surface area contributed by atoms with Crippen LogP contribution >= 0.6 is 0 Å². The van der Waals surface area contributed by atoms with Gasteiger partial charge >= 0.3 is 5.97 Å². The largest absolute Gasteiger partial charge is 0.462 e. The second-order valence-electron chi connectivity index (χ2n) is 6.30. The van der Waals surface area contributed by atoms with Gasteiger partial charge in [0.1, 0.15) is 12.2 Å². The lowest BCUT2D eigenvalue weighted by molar-refractivity contribution is -0.136. The maximum atomic E-state index is 12.8. The van der Waals surface area contributed by atoms with Gasteiger partial charge in [-0.2, -0.15) is 0 Å². The van der Waals surface area contributed by atoms with Crippen LogP contribution in [0.3, 0.4) is 0 Å². The highest BCUT2D eigenvalue weighted by Crippen LogP contribution is 2.31. The van der Waals surface area contributed by atoms with Gasteiger partial charge in [0, 0.05) is 17.1 Å². The molecule has 1 aliphatic rings. The van der Waals surface area contributed by atoms with Gasteiger partial charge in [0.15, 0.2) is 5.78 Å². The van der Waals surface area contributed by atoms with E-state index in [0.717, 1.165) is 10.9 Å². The summed E-state index contributed by atoms with van der Waals surface area (Å²) in [6.07, 6.45) is 7.47. The first-order valence-corrected chi connectivity index (χ1v) is 10.6. The maximum absolute atomic E-state index is 12.8. The lowest BCUT2D eigenvalue weighted by atomic mass is 10.0. The number of ether oxygens (including phenoxy) is 1. The second-order valence-corrected chi connectivity index (χ2v) is 6.30. The number of amides is 1. The van der Waals surface area contributed by atoms with Gasteiger partial charge in [-0.05, 0) is 32.9 Å². The lowest BCUT2D eigenvalue weighted by Gasteiger charge is -2.14. The van der Waals surface area contributed by atoms with Crippen molar-refractivity contribution in [3.63, 3.8) is 0 Å². The number of hydrogen-bond acceptors (Lipinski definition) is 4. The highest BCUT2D eigenvalue weighted by Gasteiger charge is 2.31. The Bertz CT molecular complexity index is 1020. The number of carbonyl (C=O) groups excluding carboxylic acids is 3. The maximum Gasteiger partial charge on any atom is 0.341 e. The quantitative estimate of drug-likeness (QED) is 0.399. The van der Waals surface area contributed by atoms with E-state index in [1.165, 1.54) is 23.3 Å². The first kappa shape index (κ1) is 26.6. The van der Waals surface area contributed by atoms with Crippen LogP contribution in [0.15, 0.2) is 54.8 Å². The molecule has 0 bridgehead atoms. The van der Waals surface area contributed by atoms with E-state index in [-0.39, 0.29) is 37.1 Å². The van der Waals surface area contributed by atoms with Crippen LogP contribution in [0.2, 0.25) is 0 Å². The molecule has 3 rings (SSSR count). The minimum atomic E-state index is -0.580. The molecule has 32 heavy (non-hydrogen) atoms. The number of rotatable bonds is 4. The summed E-state index contributed by atoms with van der Waals surface area (Å²) in [7, 11) is 0. The third kappa shape index (κ3) is 6.51. The molecule has 7 heteroatoms. The molecule has 0 saturated carbocycles. The van der Waals surface area contributed by atoms with Crippen molar-refractivity contribution in [3.8, 4) is 0 Å². The van der Waals surface area contributed by atoms with Crippen LogP contribution < -0.4 is 0 Å². The Balaban J connectivity index is 0.000000646. The number of H-pyrrole nitrogens is 1. The molecule has 1 aromatic heterocycles. The Labute approximate surface area is 188 Å². The molecule has 172 valence electrons. The van der Waals surface area contributed by atoms with Crippen LogP contribution in [0.1, 0.15) is 50.7 Å². The van der Waals surface area contributed by atoms with Crippen molar-refractivity contribution >= 4 is 34.1 Å². The molecule has 0 fully saturated rings. The third-order valence-electron chi connectivity index (χ3n) is 4.27. The first-order chi connectivity index (χ1) is 15.5. The fraction of sp³-hybridized carbons (Fsp3) is 0.320. The zero-order valence-corrected chi connectivity index (χ0v) is 19.3. The fourth-order valence-corrected chi connectivity index (χ4v) is 2.97. The van der Waals surface area contributed by atoms with Crippen LogP contribution in [0.4, 0.5) is 4.39 Å². The van der Waals surface area contributed by atoms with Crippen molar-refractivity contribution in [3.05, 3.63) is 66.0 Å². The zero-order valence-electron chi connectivity index (χ0n) is 19.3. The Morgan fingerprint density at radius 1 is 1.19 bits per heavy atom. The zero-order chi connectivity index (χ0) is 24.1. The third-order valence-corrected chi connectivity index (χ3v) is 4.27. The smallest absolute Gasteiger partial charge is 0.341 e. The number of esters is 1. The van der Waals surface area contributed by atoms with E-state index >= 15 is 0 Å². The van der Waals surface area contributed by atoms with Gasteiger partial charge in [-0.15, -0.1) is 0 Å². The molecular formula is C25H31FN2O4. The summed E-state index contributed by atoms with van der Waals surface area (Å²) in [5.74, 6) is -1.18. The number of allylic oxidation sites excluding steroid dienone is 3. The van der Waals surface area contributed by atoms with Gasteiger partial charge in [0.05, 0.1) is 24.4 Å². The van der Waals surface area contributed by atoms with Crippen LogP contribution in [-0.2, 0) is 14.3 Å². The molecule has 2 heterocycles. The number of Topliss-reactive ketones (excluding diaryl/α,β-unsaturated/α-hetero) is 1. The Hall–Kier alpha value is -3.48. The molecule has 0 saturated heterocycles. The molecule has 1 N–H and O–H groups in total. The number of nitrogens with zero attached hydrogens (tertiary/aromatic N) is 1. The highest BCUT2D eigenvalue weighted by molar-refractivity contribution is 6.24. The topological polar surface area (TPSA) is 79.5 Å². The number of fused-ring (bicyclic) bond motifs is 3. The summed E-state index contributed by atoms with van der Waals surface area (Å²) >= 11 is 0.